The minimum atomic E-state index is -3.94. The lowest BCUT2D eigenvalue weighted by Crippen LogP contribution is -2.20. The van der Waals surface area contributed by atoms with Crippen molar-refractivity contribution in [1.29, 1.82) is 0 Å². The Bertz CT molecular complexity index is 1640. The van der Waals surface area contributed by atoms with Gasteiger partial charge in [-0.2, -0.15) is 5.10 Å². The first kappa shape index (κ1) is 24.3. The van der Waals surface area contributed by atoms with E-state index < -0.39 is 9.84 Å². The molecule has 0 aliphatic rings. The van der Waals surface area contributed by atoms with E-state index in [0.29, 0.717) is 46.8 Å². The highest BCUT2D eigenvalue weighted by molar-refractivity contribution is 7.91. The monoisotopic (exact) mass is 519 g/mol. The molecule has 0 bridgehead atoms. The van der Waals surface area contributed by atoms with E-state index in [1.807, 2.05) is 61.5 Å². The predicted octanol–water partition coefficient (Wildman–Crippen LogP) is 5.71. The minimum absolute atomic E-state index is 0.00742. The van der Waals surface area contributed by atoms with Gasteiger partial charge in [-0.1, -0.05) is 73.1 Å². The number of nitrogens with zero attached hydrogens (tertiary/aromatic N) is 2. The lowest BCUT2D eigenvalue weighted by Gasteiger charge is -2.10. The Labute approximate surface area is 215 Å². The molecule has 0 atom stereocenters. The van der Waals surface area contributed by atoms with Crippen LogP contribution in [0.4, 0.5) is 0 Å². The number of ether oxygens (including phenoxy) is 1. The summed E-state index contributed by atoms with van der Waals surface area (Å²) in [6, 6.07) is 25.6. The van der Waals surface area contributed by atoms with Crippen molar-refractivity contribution < 1.29 is 13.2 Å². The van der Waals surface area contributed by atoms with Gasteiger partial charge in [-0.25, -0.2) is 8.42 Å². The molecule has 1 heterocycles. The Hall–Kier alpha value is -3.39. The fourth-order valence-corrected chi connectivity index (χ4v) is 6.17. The van der Waals surface area contributed by atoms with Crippen LogP contribution in [0.3, 0.4) is 0 Å². The van der Waals surface area contributed by atoms with Crippen LogP contribution >= 0.6 is 11.6 Å². The Morgan fingerprint density at radius 2 is 1.69 bits per heavy atom. The summed E-state index contributed by atoms with van der Waals surface area (Å²) in [5, 5.41) is 10.6. The van der Waals surface area contributed by atoms with Crippen LogP contribution in [0.5, 0.6) is 5.75 Å². The first-order valence-electron chi connectivity index (χ1n) is 11.8. The van der Waals surface area contributed by atoms with Crippen LogP contribution in [-0.2, 0) is 16.4 Å². The number of likely N-dealkylation sites (N-methyl/N-ethyl adjacent to an activating group) is 1. The predicted molar refractivity (Wildman–Crippen MR) is 144 cm³/mol. The third kappa shape index (κ3) is 4.69. The van der Waals surface area contributed by atoms with Crippen LogP contribution in [-0.4, -0.2) is 37.9 Å². The number of para-hydroxylation sites is 1. The quantitative estimate of drug-likeness (QED) is 0.252. The first-order chi connectivity index (χ1) is 17.5. The van der Waals surface area contributed by atoms with Crippen LogP contribution in [0, 0.1) is 0 Å². The van der Waals surface area contributed by atoms with Gasteiger partial charge in [0, 0.05) is 22.3 Å². The molecule has 36 heavy (non-hydrogen) atoms. The van der Waals surface area contributed by atoms with Gasteiger partial charge in [0.2, 0.25) is 9.84 Å². The van der Waals surface area contributed by atoms with Gasteiger partial charge in [-0.05, 0) is 47.8 Å². The molecule has 1 N–H and O–H groups in total. The molecule has 0 spiro atoms. The van der Waals surface area contributed by atoms with Crippen LogP contribution in [0.1, 0.15) is 12.5 Å². The third-order valence-electron chi connectivity index (χ3n) is 6.00. The lowest BCUT2D eigenvalue weighted by molar-refractivity contribution is 0.317. The van der Waals surface area contributed by atoms with Crippen molar-refractivity contribution >= 4 is 43.1 Å². The number of sulfone groups is 1. The van der Waals surface area contributed by atoms with Gasteiger partial charge < -0.3 is 10.1 Å². The molecular weight excluding hydrogens is 494 g/mol. The standard InChI is InChI=1S/C28H26ClN3O3S/c1-2-30-16-17-35-25-14-7-13-24-27(25)32(19-20-8-5-11-22(29)18-20)31-28(24)36(33,34)26-15-6-10-21-9-3-4-12-23(21)26/h3-15,18,30H,2,16-17,19H2,1H3. The molecule has 0 amide bonds. The molecule has 5 rings (SSSR count). The van der Waals surface area contributed by atoms with Gasteiger partial charge >= 0.3 is 0 Å². The molecule has 0 aliphatic carbocycles. The van der Waals surface area contributed by atoms with E-state index in [9.17, 15) is 8.42 Å². The minimum Gasteiger partial charge on any atom is -0.490 e. The zero-order valence-corrected chi connectivity index (χ0v) is 21.4. The van der Waals surface area contributed by atoms with Gasteiger partial charge in [0.25, 0.3) is 0 Å². The zero-order valence-electron chi connectivity index (χ0n) is 19.8. The van der Waals surface area contributed by atoms with E-state index in [4.69, 9.17) is 16.3 Å². The second-order valence-electron chi connectivity index (χ2n) is 8.43. The van der Waals surface area contributed by atoms with Gasteiger partial charge in [0.15, 0.2) is 5.03 Å². The van der Waals surface area contributed by atoms with E-state index in [1.54, 1.807) is 35.0 Å². The van der Waals surface area contributed by atoms with Crippen molar-refractivity contribution in [3.05, 3.63) is 95.5 Å². The summed E-state index contributed by atoms with van der Waals surface area (Å²) in [4.78, 5) is 0.230. The van der Waals surface area contributed by atoms with Crippen molar-refractivity contribution in [3.63, 3.8) is 0 Å². The number of halogens is 1. The summed E-state index contributed by atoms with van der Waals surface area (Å²) in [6.45, 7) is 4.34. The van der Waals surface area contributed by atoms with Crippen LogP contribution in [0.2, 0.25) is 5.02 Å². The summed E-state index contributed by atoms with van der Waals surface area (Å²) in [7, 11) is -3.94. The maximum Gasteiger partial charge on any atom is 0.226 e. The van der Waals surface area contributed by atoms with Gasteiger partial charge in [0.05, 0.1) is 11.4 Å². The molecule has 0 saturated heterocycles. The highest BCUT2D eigenvalue weighted by Gasteiger charge is 2.28. The average molecular weight is 520 g/mol. The van der Waals surface area contributed by atoms with Crippen LogP contribution in [0.15, 0.2) is 94.9 Å². The van der Waals surface area contributed by atoms with E-state index in [-0.39, 0.29) is 9.92 Å². The second-order valence-corrected chi connectivity index (χ2v) is 10.7. The van der Waals surface area contributed by atoms with Crippen molar-refractivity contribution in [2.75, 3.05) is 19.7 Å². The summed E-state index contributed by atoms with van der Waals surface area (Å²) >= 11 is 6.21. The molecule has 184 valence electrons. The van der Waals surface area contributed by atoms with E-state index >= 15 is 0 Å². The van der Waals surface area contributed by atoms with Crippen molar-refractivity contribution in [2.24, 2.45) is 0 Å². The zero-order chi connectivity index (χ0) is 25.1. The van der Waals surface area contributed by atoms with E-state index in [2.05, 4.69) is 10.4 Å². The number of fused-ring (bicyclic) bond motifs is 2. The number of hydrogen-bond acceptors (Lipinski definition) is 5. The normalized spacial score (nSPS) is 11.8. The first-order valence-corrected chi connectivity index (χ1v) is 13.7. The van der Waals surface area contributed by atoms with Crippen LogP contribution in [0.25, 0.3) is 21.7 Å². The highest BCUT2D eigenvalue weighted by Crippen LogP contribution is 2.35. The molecule has 6 nitrogen and oxygen atoms in total. The fraction of sp³-hybridized carbons (Fsp3) is 0.179. The van der Waals surface area contributed by atoms with Crippen LogP contribution < -0.4 is 10.1 Å². The number of benzene rings is 4. The smallest absolute Gasteiger partial charge is 0.226 e. The maximum absolute atomic E-state index is 14.0. The number of rotatable bonds is 9. The maximum atomic E-state index is 14.0. The molecule has 5 aromatic rings. The molecule has 8 heteroatoms. The van der Waals surface area contributed by atoms with Crippen molar-refractivity contribution in [2.45, 2.75) is 23.4 Å². The van der Waals surface area contributed by atoms with Gasteiger partial charge in [-0.15, -0.1) is 0 Å². The largest absolute Gasteiger partial charge is 0.490 e. The van der Waals surface area contributed by atoms with Gasteiger partial charge in [-0.3, -0.25) is 4.68 Å². The Balaban J connectivity index is 1.68. The summed E-state index contributed by atoms with van der Waals surface area (Å²) in [5.74, 6) is 0.583. The molecule has 0 unspecified atom stereocenters. The SMILES string of the molecule is CCNCCOc1cccc2c(S(=O)(=O)c3cccc4ccccc34)nn(Cc3cccc(Cl)c3)c12. The lowest BCUT2D eigenvalue weighted by atomic mass is 10.1. The summed E-state index contributed by atoms with van der Waals surface area (Å²) in [6.07, 6.45) is 0. The molecule has 0 radical (unpaired) electrons. The Morgan fingerprint density at radius 3 is 2.53 bits per heavy atom. The molecular formula is C28H26ClN3O3S. The number of hydrogen-bond donors (Lipinski definition) is 1. The topological polar surface area (TPSA) is 73.2 Å². The average Bonchev–Trinajstić information content (AvgIpc) is 3.26. The Kier molecular flexibility index (Phi) is 6.96. The highest BCUT2D eigenvalue weighted by atomic mass is 35.5. The van der Waals surface area contributed by atoms with Gasteiger partial charge in [0.1, 0.15) is 17.9 Å². The summed E-state index contributed by atoms with van der Waals surface area (Å²) < 4.78 is 35.9. The van der Waals surface area contributed by atoms with Crippen molar-refractivity contribution in [1.82, 2.24) is 15.1 Å². The molecule has 4 aromatic carbocycles. The second kappa shape index (κ2) is 10.3. The van der Waals surface area contributed by atoms with E-state index in [1.165, 1.54) is 0 Å². The molecule has 1 aromatic heterocycles. The molecule has 0 aliphatic heterocycles. The molecule has 0 fully saturated rings. The summed E-state index contributed by atoms with van der Waals surface area (Å²) in [5.41, 5.74) is 1.54. The number of nitrogens with one attached hydrogen (secondary N) is 1. The number of aromatic nitrogens is 2. The van der Waals surface area contributed by atoms with E-state index in [0.717, 1.165) is 17.5 Å². The Morgan fingerprint density at radius 1 is 0.944 bits per heavy atom. The van der Waals surface area contributed by atoms with Crippen molar-refractivity contribution in [3.8, 4) is 5.75 Å². The molecule has 0 saturated carbocycles. The fourth-order valence-electron chi connectivity index (χ4n) is 4.36. The third-order valence-corrected chi connectivity index (χ3v) is 7.98.